The van der Waals surface area contributed by atoms with Gasteiger partial charge in [-0.25, -0.2) is 0 Å². The molecule has 0 heterocycles. The van der Waals surface area contributed by atoms with Crippen LogP contribution in [0.15, 0.2) is 12.1 Å². The summed E-state index contributed by atoms with van der Waals surface area (Å²) >= 11 is 0. The van der Waals surface area contributed by atoms with Crippen LogP contribution in [0.5, 0.6) is 5.75 Å². The largest absolute Gasteiger partial charge is 0.496 e. The van der Waals surface area contributed by atoms with Crippen LogP contribution in [0.3, 0.4) is 0 Å². The maximum Gasteiger partial charge on any atom is 0.123 e. The fourth-order valence-electron chi connectivity index (χ4n) is 2.57. The van der Waals surface area contributed by atoms with Crippen molar-refractivity contribution in [3.8, 4) is 5.75 Å². The Morgan fingerprint density at radius 2 is 1.89 bits per heavy atom. The van der Waals surface area contributed by atoms with Gasteiger partial charge in [0.15, 0.2) is 0 Å². The third-order valence-electron chi connectivity index (χ3n) is 3.73. The second-order valence-electron chi connectivity index (χ2n) is 5.67. The first-order valence-corrected chi connectivity index (χ1v) is 6.85. The Balaban J connectivity index is 2.98. The maximum atomic E-state index is 9.51. The lowest BCUT2D eigenvalue weighted by Crippen LogP contribution is -2.38. The monoisotopic (exact) mass is 265 g/mol. The molecule has 108 valence electrons. The minimum absolute atomic E-state index is 0.172. The van der Waals surface area contributed by atoms with Crippen LogP contribution in [0, 0.1) is 19.8 Å². The van der Waals surface area contributed by atoms with E-state index in [0.29, 0.717) is 5.92 Å². The molecule has 0 fully saturated rings. The van der Waals surface area contributed by atoms with Crippen molar-refractivity contribution in [2.24, 2.45) is 5.92 Å². The lowest BCUT2D eigenvalue weighted by molar-refractivity contribution is 0.107. The summed E-state index contributed by atoms with van der Waals surface area (Å²) in [4.78, 5) is 2.20. The van der Waals surface area contributed by atoms with E-state index in [1.165, 1.54) is 16.7 Å². The average molecular weight is 265 g/mol. The highest BCUT2D eigenvalue weighted by molar-refractivity contribution is 5.43. The van der Waals surface area contributed by atoms with E-state index >= 15 is 0 Å². The Kier molecular flexibility index (Phi) is 5.83. The van der Waals surface area contributed by atoms with E-state index in [4.69, 9.17) is 4.74 Å². The second kappa shape index (κ2) is 6.92. The SMILES string of the molecule is COc1cc(C)cc(C)c1CN(C)C(CO)C(C)C. The summed E-state index contributed by atoms with van der Waals surface area (Å²) < 4.78 is 5.49. The van der Waals surface area contributed by atoms with Crippen LogP contribution in [0.25, 0.3) is 0 Å². The van der Waals surface area contributed by atoms with Gasteiger partial charge in [0, 0.05) is 18.2 Å². The van der Waals surface area contributed by atoms with Gasteiger partial charge in [0.2, 0.25) is 0 Å². The van der Waals surface area contributed by atoms with Crippen molar-refractivity contribution < 1.29 is 9.84 Å². The van der Waals surface area contributed by atoms with Gasteiger partial charge in [0.1, 0.15) is 5.75 Å². The molecule has 0 aromatic heterocycles. The molecule has 0 bridgehead atoms. The molecule has 1 rings (SSSR count). The second-order valence-corrected chi connectivity index (χ2v) is 5.67. The van der Waals surface area contributed by atoms with Crippen molar-refractivity contribution in [2.75, 3.05) is 20.8 Å². The molecule has 1 atom stereocenters. The molecular weight excluding hydrogens is 238 g/mol. The summed E-state index contributed by atoms with van der Waals surface area (Å²) in [7, 11) is 3.77. The Morgan fingerprint density at radius 1 is 1.26 bits per heavy atom. The Morgan fingerprint density at radius 3 is 2.37 bits per heavy atom. The molecule has 3 nitrogen and oxygen atoms in total. The molecule has 0 aliphatic rings. The molecule has 3 heteroatoms. The number of benzene rings is 1. The molecule has 1 N–H and O–H groups in total. The van der Waals surface area contributed by atoms with E-state index in [0.717, 1.165) is 12.3 Å². The van der Waals surface area contributed by atoms with Crippen molar-refractivity contribution >= 4 is 0 Å². The summed E-state index contributed by atoms with van der Waals surface area (Å²) in [6.45, 7) is 9.43. The number of methoxy groups -OCH3 is 1. The van der Waals surface area contributed by atoms with Gasteiger partial charge in [-0.2, -0.15) is 0 Å². The number of hydrogen-bond acceptors (Lipinski definition) is 3. The van der Waals surface area contributed by atoms with Crippen molar-refractivity contribution in [2.45, 2.75) is 40.3 Å². The van der Waals surface area contributed by atoms with Crippen LogP contribution < -0.4 is 4.74 Å². The van der Waals surface area contributed by atoms with Crippen LogP contribution in [-0.2, 0) is 6.54 Å². The third-order valence-corrected chi connectivity index (χ3v) is 3.73. The molecule has 0 spiro atoms. The Labute approximate surface area is 117 Å². The maximum absolute atomic E-state index is 9.51. The van der Waals surface area contributed by atoms with Gasteiger partial charge in [-0.3, -0.25) is 4.90 Å². The van der Waals surface area contributed by atoms with Crippen LogP contribution in [0.1, 0.15) is 30.5 Å². The lowest BCUT2D eigenvalue weighted by atomic mass is 10.0. The zero-order valence-electron chi connectivity index (χ0n) is 13.0. The molecule has 0 saturated carbocycles. The number of rotatable bonds is 6. The summed E-state index contributed by atoms with van der Waals surface area (Å²) in [5, 5.41) is 9.51. The van der Waals surface area contributed by atoms with E-state index in [-0.39, 0.29) is 12.6 Å². The normalized spacial score (nSPS) is 13.1. The number of likely N-dealkylation sites (N-methyl/N-ethyl adjacent to an activating group) is 1. The van der Waals surface area contributed by atoms with Crippen molar-refractivity contribution in [3.05, 3.63) is 28.8 Å². The summed E-state index contributed by atoms with van der Waals surface area (Å²) in [6.07, 6.45) is 0. The topological polar surface area (TPSA) is 32.7 Å². The lowest BCUT2D eigenvalue weighted by Gasteiger charge is -2.30. The molecular formula is C16H27NO2. The fraction of sp³-hybridized carbons (Fsp3) is 0.625. The minimum Gasteiger partial charge on any atom is -0.496 e. The van der Waals surface area contributed by atoms with Gasteiger partial charge in [0.25, 0.3) is 0 Å². The molecule has 0 amide bonds. The van der Waals surface area contributed by atoms with Gasteiger partial charge in [0.05, 0.1) is 13.7 Å². The van der Waals surface area contributed by atoms with Crippen LogP contribution in [0.2, 0.25) is 0 Å². The number of aliphatic hydroxyl groups excluding tert-OH is 1. The first-order chi connectivity index (χ1) is 8.90. The number of nitrogens with zero attached hydrogens (tertiary/aromatic N) is 1. The molecule has 0 radical (unpaired) electrons. The first-order valence-electron chi connectivity index (χ1n) is 6.85. The summed E-state index contributed by atoms with van der Waals surface area (Å²) in [5.41, 5.74) is 3.65. The van der Waals surface area contributed by atoms with Crippen LogP contribution in [-0.4, -0.2) is 36.8 Å². The molecule has 1 aromatic carbocycles. The molecule has 0 saturated heterocycles. The predicted molar refractivity (Wildman–Crippen MR) is 79.6 cm³/mol. The van der Waals surface area contributed by atoms with E-state index in [9.17, 15) is 5.11 Å². The zero-order chi connectivity index (χ0) is 14.6. The molecule has 1 aromatic rings. The Hall–Kier alpha value is -1.06. The quantitative estimate of drug-likeness (QED) is 0.858. The van der Waals surface area contributed by atoms with E-state index in [2.05, 4.69) is 51.8 Å². The summed E-state index contributed by atoms with van der Waals surface area (Å²) in [5.74, 6) is 1.36. The van der Waals surface area contributed by atoms with Crippen LogP contribution in [0.4, 0.5) is 0 Å². The molecule has 0 aliphatic heterocycles. The van der Waals surface area contributed by atoms with Gasteiger partial charge in [-0.05, 0) is 44.0 Å². The van der Waals surface area contributed by atoms with Gasteiger partial charge in [-0.1, -0.05) is 19.9 Å². The third kappa shape index (κ3) is 3.95. The number of ether oxygens (including phenoxy) is 1. The highest BCUT2D eigenvalue weighted by atomic mass is 16.5. The fourth-order valence-corrected chi connectivity index (χ4v) is 2.57. The van der Waals surface area contributed by atoms with Gasteiger partial charge >= 0.3 is 0 Å². The highest BCUT2D eigenvalue weighted by Gasteiger charge is 2.20. The van der Waals surface area contributed by atoms with Crippen molar-refractivity contribution in [1.82, 2.24) is 4.90 Å². The number of aryl methyl sites for hydroxylation is 2. The van der Waals surface area contributed by atoms with E-state index in [1.54, 1.807) is 7.11 Å². The minimum atomic E-state index is 0.172. The standard InChI is InChI=1S/C16H27NO2/c1-11(2)15(10-18)17(5)9-14-13(4)7-12(3)8-16(14)19-6/h7-8,11,15,18H,9-10H2,1-6H3. The van der Waals surface area contributed by atoms with Gasteiger partial charge in [-0.15, -0.1) is 0 Å². The number of hydrogen-bond donors (Lipinski definition) is 1. The number of aliphatic hydroxyl groups is 1. The zero-order valence-corrected chi connectivity index (χ0v) is 13.0. The predicted octanol–water partition coefficient (Wildman–Crippen LogP) is 2.76. The smallest absolute Gasteiger partial charge is 0.123 e. The molecule has 0 aliphatic carbocycles. The van der Waals surface area contributed by atoms with E-state index in [1.807, 2.05) is 0 Å². The van der Waals surface area contributed by atoms with Gasteiger partial charge < -0.3 is 9.84 Å². The first kappa shape index (κ1) is 16.0. The summed E-state index contributed by atoms with van der Waals surface area (Å²) in [6, 6.07) is 4.42. The molecule has 1 unspecified atom stereocenters. The average Bonchev–Trinajstić information content (AvgIpc) is 2.32. The highest BCUT2D eigenvalue weighted by Crippen LogP contribution is 2.26. The van der Waals surface area contributed by atoms with E-state index < -0.39 is 0 Å². The van der Waals surface area contributed by atoms with Crippen molar-refractivity contribution in [1.29, 1.82) is 0 Å². The van der Waals surface area contributed by atoms with Crippen LogP contribution >= 0.6 is 0 Å². The van der Waals surface area contributed by atoms with Crippen molar-refractivity contribution in [3.63, 3.8) is 0 Å². The Bertz CT molecular complexity index is 415. The molecule has 19 heavy (non-hydrogen) atoms.